The van der Waals surface area contributed by atoms with E-state index < -0.39 is 22.9 Å². The predicted molar refractivity (Wildman–Crippen MR) is 127 cm³/mol. The van der Waals surface area contributed by atoms with Crippen LogP contribution >= 0.6 is 0 Å². The first-order valence-corrected chi connectivity index (χ1v) is 11.6. The predicted octanol–water partition coefficient (Wildman–Crippen LogP) is 4.08. The molecule has 3 aromatic rings. The van der Waals surface area contributed by atoms with Crippen LogP contribution in [0, 0.1) is 12.7 Å². The van der Waals surface area contributed by atoms with Crippen LogP contribution in [0.1, 0.15) is 18.9 Å². The normalized spacial score (nSPS) is 11.8. The van der Waals surface area contributed by atoms with Crippen LogP contribution in [0.3, 0.4) is 0 Å². The van der Waals surface area contributed by atoms with Crippen LogP contribution in [0.15, 0.2) is 36.7 Å². The van der Waals surface area contributed by atoms with Crippen LogP contribution in [0.4, 0.5) is 26.4 Å². The number of fused-ring (bicyclic) bond motifs is 1. The molecule has 0 bridgehead atoms. The summed E-state index contributed by atoms with van der Waals surface area (Å²) in [4.78, 5) is 21.9. The Hall–Kier alpha value is -3.47. The summed E-state index contributed by atoms with van der Waals surface area (Å²) in [5.74, 6) is -0.112. The number of benzene rings is 2. The summed E-state index contributed by atoms with van der Waals surface area (Å²) in [7, 11) is -0.114. The number of hydrogen-bond donors (Lipinski definition) is 3. The Morgan fingerprint density at radius 1 is 1.24 bits per heavy atom. The number of carbonyl (C=O) groups excluding carboxylic acids is 1. The molecule has 1 amide bonds. The van der Waals surface area contributed by atoms with Gasteiger partial charge in [-0.2, -0.15) is 0 Å². The van der Waals surface area contributed by atoms with Gasteiger partial charge < -0.3 is 24.8 Å². The molecule has 1 aromatic heterocycles. The zero-order valence-electron chi connectivity index (χ0n) is 18.6. The maximum atomic E-state index is 13.3. The van der Waals surface area contributed by atoms with Crippen LogP contribution < -0.4 is 10.0 Å². The number of hydrogen-bond acceptors (Lipinski definition) is 7. The second-order valence-corrected chi connectivity index (χ2v) is 8.61. The van der Waals surface area contributed by atoms with Crippen LogP contribution in [0.25, 0.3) is 10.9 Å². The average molecular weight is 476 g/mol. The van der Waals surface area contributed by atoms with E-state index in [1.807, 2.05) is 19.9 Å². The van der Waals surface area contributed by atoms with Crippen LogP contribution in [0.5, 0.6) is 5.75 Å². The number of halogens is 1. The number of ether oxygens (including phenoxy) is 1. The number of aromatic hydroxyl groups is 1. The van der Waals surface area contributed by atoms with Gasteiger partial charge in [0.2, 0.25) is 0 Å². The SMILES string of the molecule is CCCN(CCS(=O)Nc1cc(C)c2c(Nc3ccc(F)cc3O)ncnc2c1)C(=O)OC. The average Bonchev–Trinajstić information content (AvgIpc) is 2.77. The van der Waals surface area contributed by atoms with E-state index in [-0.39, 0.29) is 11.5 Å². The summed E-state index contributed by atoms with van der Waals surface area (Å²) < 4.78 is 33.6. The van der Waals surface area contributed by atoms with Crippen LogP contribution in [-0.4, -0.2) is 56.2 Å². The van der Waals surface area contributed by atoms with E-state index in [0.29, 0.717) is 41.2 Å². The third-order valence-corrected chi connectivity index (χ3v) is 5.87. The number of nitrogens with one attached hydrogen (secondary N) is 2. The highest BCUT2D eigenvalue weighted by Crippen LogP contribution is 2.32. The van der Waals surface area contributed by atoms with Gasteiger partial charge in [0.15, 0.2) is 0 Å². The van der Waals surface area contributed by atoms with Crippen molar-refractivity contribution in [2.24, 2.45) is 0 Å². The number of phenols is 1. The first kappa shape index (κ1) is 24.2. The van der Waals surface area contributed by atoms with E-state index in [2.05, 4.69) is 20.0 Å². The van der Waals surface area contributed by atoms with Gasteiger partial charge in [-0.25, -0.2) is 23.4 Å². The molecule has 3 rings (SSSR count). The van der Waals surface area contributed by atoms with E-state index in [1.165, 1.54) is 30.5 Å². The molecule has 0 saturated carbocycles. The number of phenolic OH excluding ortho intramolecular Hbond substituents is 1. The topological polar surface area (TPSA) is 117 Å². The van der Waals surface area contributed by atoms with Crippen LogP contribution in [0.2, 0.25) is 0 Å². The minimum absolute atomic E-state index is 0.229. The summed E-state index contributed by atoms with van der Waals surface area (Å²) in [5.41, 5.74) is 2.31. The molecule has 0 radical (unpaired) electrons. The van der Waals surface area contributed by atoms with Gasteiger partial charge in [-0.3, -0.25) is 0 Å². The van der Waals surface area contributed by atoms with Gasteiger partial charge in [0, 0.05) is 30.2 Å². The third kappa shape index (κ3) is 6.07. The molecule has 1 unspecified atom stereocenters. The highest BCUT2D eigenvalue weighted by Gasteiger charge is 2.15. The Morgan fingerprint density at radius 2 is 2.03 bits per heavy atom. The summed E-state index contributed by atoms with van der Waals surface area (Å²) in [6.07, 6.45) is 1.69. The number of aromatic nitrogens is 2. The number of methoxy groups -OCH3 is 1. The maximum Gasteiger partial charge on any atom is 0.409 e. The fraction of sp³-hybridized carbons (Fsp3) is 0.318. The largest absolute Gasteiger partial charge is 0.506 e. The Kier molecular flexibility index (Phi) is 7.99. The van der Waals surface area contributed by atoms with E-state index in [9.17, 15) is 18.5 Å². The standard InChI is InChI=1S/C22H26FN5O4S/c1-4-7-28(22(30)32-3)8-9-33(31)27-16-10-14(2)20-18(12-16)24-13-25-21(20)26-17-6-5-15(23)11-19(17)29/h5-6,10-13,27,29H,4,7-9H2,1-3H3,(H,24,25,26). The molecule has 176 valence electrons. The van der Waals surface area contributed by atoms with Gasteiger partial charge in [-0.1, -0.05) is 6.92 Å². The van der Waals surface area contributed by atoms with Gasteiger partial charge in [-0.05, 0) is 43.2 Å². The molecule has 1 atom stereocenters. The molecule has 9 nitrogen and oxygen atoms in total. The number of amides is 1. The fourth-order valence-electron chi connectivity index (χ4n) is 3.35. The molecule has 3 N–H and O–H groups in total. The monoisotopic (exact) mass is 475 g/mol. The molecule has 0 aliphatic heterocycles. The van der Waals surface area contributed by atoms with Crippen molar-refractivity contribution in [3.8, 4) is 5.75 Å². The minimum atomic E-state index is -1.43. The van der Waals surface area contributed by atoms with E-state index >= 15 is 0 Å². The van der Waals surface area contributed by atoms with Crippen molar-refractivity contribution in [1.29, 1.82) is 0 Å². The van der Waals surface area contributed by atoms with Crippen LogP contribution in [-0.2, 0) is 15.7 Å². The van der Waals surface area contributed by atoms with Gasteiger partial charge >= 0.3 is 6.09 Å². The molecular formula is C22H26FN5O4S. The van der Waals surface area contributed by atoms with Gasteiger partial charge in [0.25, 0.3) is 0 Å². The third-order valence-electron chi connectivity index (χ3n) is 4.85. The summed E-state index contributed by atoms with van der Waals surface area (Å²) in [6.45, 7) is 4.63. The fourth-order valence-corrected chi connectivity index (χ4v) is 4.22. The molecule has 33 heavy (non-hydrogen) atoms. The van der Waals surface area contributed by atoms with E-state index in [4.69, 9.17) is 4.74 Å². The van der Waals surface area contributed by atoms with Crippen molar-refractivity contribution in [3.63, 3.8) is 0 Å². The molecule has 0 saturated heterocycles. The van der Waals surface area contributed by atoms with E-state index in [0.717, 1.165) is 18.1 Å². The number of aryl methyl sites for hydroxylation is 1. The quantitative estimate of drug-likeness (QED) is 0.399. The van der Waals surface area contributed by atoms with Gasteiger partial charge in [0.05, 0.1) is 24.1 Å². The molecule has 0 aliphatic rings. The number of nitrogens with zero attached hydrogens (tertiary/aromatic N) is 3. The highest BCUT2D eigenvalue weighted by atomic mass is 32.2. The molecule has 0 aliphatic carbocycles. The smallest absolute Gasteiger partial charge is 0.409 e. The molecule has 11 heteroatoms. The zero-order chi connectivity index (χ0) is 24.0. The Balaban J connectivity index is 1.77. The maximum absolute atomic E-state index is 13.3. The lowest BCUT2D eigenvalue weighted by atomic mass is 10.1. The zero-order valence-corrected chi connectivity index (χ0v) is 19.4. The summed E-state index contributed by atoms with van der Waals surface area (Å²) in [6, 6.07) is 7.21. The number of carbonyl (C=O) groups is 1. The summed E-state index contributed by atoms with van der Waals surface area (Å²) in [5, 5.41) is 13.7. The molecule has 2 aromatic carbocycles. The number of anilines is 3. The lowest BCUT2D eigenvalue weighted by Gasteiger charge is -2.20. The van der Waals surface area contributed by atoms with Gasteiger partial charge in [0.1, 0.15) is 34.7 Å². The lowest BCUT2D eigenvalue weighted by molar-refractivity contribution is 0.126. The Labute approximate surface area is 193 Å². The molecule has 0 fully saturated rings. The first-order valence-electron chi connectivity index (χ1n) is 10.3. The van der Waals surface area contributed by atoms with Crippen molar-refractivity contribution in [2.75, 3.05) is 36.0 Å². The Bertz CT molecular complexity index is 1180. The highest BCUT2D eigenvalue weighted by molar-refractivity contribution is 7.86. The van der Waals surface area contributed by atoms with Crippen molar-refractivity contribution in [2.45, 2.75) is 20.3 Å². The second kappa shape index (κ2) is 10.9. The number of rotatable bonds is 9. The van der Waals surface area contributed by atoms with Crippen molar-refractivity contribution in [1.82, 2.24) is 14.9 Å². The van der Waals surface area contributed by atoms with Crippen molar-refractivity contribution in [3.05, 3.63) is 48.0 Å². The first-order chi connectivity index (χ1) is 15.8. The second-order valence-electron chi connectivity index (χ2n) is 7.30. The molecule has 0 spiro atoms. The molecular weight excluding hydrogens is 449 g/mol. The Morgan fingerprint density at radius 3 is 2.73 bits per heavy atom. The lowest BCUT2D eigenvalue weighted by Crippen LogP contribution is -2.35. The summed E-state index contributed by atoms with van der Waals surface area (Å²) >= 11 is 0. The minimum Gasteiger partial charge on any atom is -0.506 e. The van der Waals surface area contributed by atoms with E-state index in [1.54, 1.807) is 6.07 Å². The van der Waals surface area contributed by atoms with Crippen molar-refractivity contribution < 1.29 is 23.2 Å². The molecule has 1 heterocycles. The van der Waals surface area contributed by atoms with Gasteiger partial charge in [-0.15, -0.1) is 0 Å². The van der Waals surface area contributed by atoms with Crippen molar-refractivity contribution >= 4 is 45.2 Å².